The fourth-order valence-corrected chi connectivity index (χ4v) is 3.97. The van der Waals surface area contributed by atoms with Gasteiger partial charge in [0.2, 0.25) is 10.0 Å². The quantitative estimate of drug-likeness (QED) is 0.215. The molecule has 1 aliphatic rings. The second-order valence-corrected chi connectivity index (χ2v) is 8.39. The van der Waals surface area contributed by atoms with Gasteiger partial charge in [-0.15, -0.1) is 24.0 Å². The molecular weight excluding hydrogens is 543 g/mol. The zero-order valence-corrected chi connectivity index (χ0v) is 20.3. The van der Waals surface area contributed by atoms with Gasteiger partial charge in [-0.05, 0) is 30.3 Å². The summed E-state index contributed by atoms with van der Waals surface area (Å²) < 4.78 is 38.4. The monoisotopic (exact) mass is 566 g/mol. The standard InChI is InChI=1S/C19H23ClN4O4S.HI/c1-21-19(24-15-6-7-17-18(13-15)28-11-3-10-27-17)22-8-9-23-29(25,26)16-5-2-4-14(20)12-16;/h2,4-7,12-13,23H,3,8-11H2,1H3,(H2,21,22,24);1H. The lowest BCUT2D eigenvalue weighted by molar-refractivity contribution is 0.297. The summed E-state index contributed by atoms with van der Waals surface area (Å²) in [5.74, 6) is 1.89. The molecule has 0 unspecified atom stereocenters. The maximum atomic E-state index is 12.3. The first-order valence-electron chi connectivity index (χ1n) is 9.10. The molecule has 1 aliphatic heterocycles. The summed E-state index contributed by atoms with van der Waals surface area (Å²) in [6.45, 7) is 1.75. The zero-order chi connectivity index (χ0) is 20.7. The Labute approximate surface area is 198 Å². The van der Waals surface area contributed by atoms with Crippen LogP contribution in [0.25, 0.3) is 0 Å². The van der Waals surface area contributed by atoms with Gasteiger partial charge in [0.1, 0.15) is 0 Å². The van der Waals surface area contributed by atoms with Crippen molar-refractivity contribution in [2.75, 3.05) is 38.7 Å². The van der Waals surface area contributed by atoms with E-state index >= 15 is 0 Å². The van der Waals surface area contributed by atoms with Crippen LogP contribution in [0.15, 0.2) is 52.4 Å². The van der Waals surface area contributed by atoms with Crippen LogP contribution >= 0.6 is 35.6 Å². The maximum absolute atomic E-state index is 12.3. The van der Waals surface area contributed by atoms with Crippen molar-refractivity contribution in [2.45, 2.75) is 11.3 Å². The van der Waals surface area contributed by atoms with Gasteiger partial charge in [-0.2, -0.15) is 0 Å². The smallest absolute Gasteiger partial charge is 0.240 e. The molecule has 3 rings (SSSR count). The Kier molecular flexibility index (Phi) is 9.46. The average Bonchev–Trinajstić information content (AvgIpc) is 2.95. The van der Waals surface area contributed by atoms with Gasteiger partial charge in [-0.25, -0.2) is 13.1 Å². The number of hydrogen-bond acceptors (Lipinski definition) is 5. The van der Waals surface area contributed by atoms with Crippen LogP contribution in [0.2, 0.25) is 5.02 Å². The SMILES string of the molecule is CN=C(NCCNS(=O)(=O)c1cccc(Cl)c1)Nc1ccc2c(c1)OCCCO2.I. The molecule has 0 spiro atoms. The normalized spacial score (nSPS) is 13.7. The van der Waals surface area contributed by atoms with E-state index in [0.29, 0.717) is 42.2 Å². The number of aliphatic imine (C=N–C) groups is 1. The number of rotatable bonds is 6. The van der Waals surface area contributed by atoms with E-state index in [-0.39, 0.29) is 35.4 Å². The Balaban J connectivity index is 0.00000320. The van der Waals surface area contributed by atoms with Crippen LogP contribution in [0, 0.1) is 0 Å². The van der Waals surface area contributed by atoms with Crippen molar-refractivity contribution < 1.29 is 17.9 Å². The van der Waals surface area contributed by atoms with Crippen LogP contribution in [0.5, 0.6) is 11.5 Å². The van der Waals surface area contributed by atoms with Gasteiger partial charge in [0, 0.05) is 43.3 Å². The van der Waals surface area contributed by atoms with Crippen molar-refractivity contribution >= 4 is 57.2 Å². The first kappa shape index (κ1) is 24.5. The molecule has 0 aromatic heterocycles. The molecule has 2 aromatic carbocycles. The number of ether oxygens (including phenoxy) is 2. The molecule has 30 heavy (non-hydrogen) atoms. The van der Waals surface area contributed by atoms with Gasteiger partial charge in [0.15, 0.2) is 17.5 Å². The van der Waals surface area contributed by atoms with Gasteiger partial charge in [-0.1, -0.05) is 17.7 Å². The first-order valence-corrected chi connectivity index (χ1v) is 11.0. The van der Waals surface area contributed by atoms with Crippen molar-refractivity contribution in [1.29, 1.82) is 0 Å². The number of nitrogens with zero attached hydrogens (tertiary/aromatic N) is 1. The van der Waals surface area contributed by atoms with E-state index in [1.54, 1.807) is 19.2 Å². The minimum Gasteiger partial charge on any atom is -0.490 e. The molecule has 3 N–H and O–H groups in total. The molecule has 11 heteroatoms. The summed E-state index contributed by atoms with van der Waals surface area (Å²) in [6.07, 6.45) is 0.839. The highest BCUT2D eigenvalue weighted by Crippen LogP contribution is 2.32. The van der Waals surface area contributed by atoms with E-state index < -0.39 is 10.0 Å². The Morgan fingerprint density at radius 1 is 1.10 bits per heavy atom. The molecule has 0 radical (unpaired) electrons. The number of halogens is 2. The minimum atomic E-state index is -3.63. The van der Waals surface area contributed by atoms with Crippen LogP contribution in [-0.4, -0.2) is 47.7 Å². The molecule has 0 saturated carbocycles. The Bertz CT molecular complexity index is 988. The molecule has 0 fully saturated rings. The van der Waals surface area contributed by atoms with Gasteiger partial charge in [0.05, 0.1) is 18.1 Å². The highest BCUT2D eigenvalue weighted by molar-refractivity contribution is 14.0. The predicted octanol–water partition coefficient (Wildman–Crippen LogP) is 3.09. The summed E-state index contributed by atoms with van der Waals surface area (Å²) in [5.41, 5.74) is 0.779. The number of nitrogens with one attached hydrogen (secondary N) is 3. The van der Waals surface area contributed by atoms with E-state index in [1.807, 2.05) is 18.2 Å². The Morgan fingerprint density at radius 3 is 2.60 bits per heavy atom. The number of benzene rings is 2. The molecule has 8 nitrogen and oxygen atoms in total. The van der Waals surface area contributed by atoms with Crippen LogP contribution in [0.1, 0.15) is 6.42 Å². The van der Waals surface area contributed by atoms with E-state index in [9.17, 15) is 8.42 Å². The molecular formula is C19H24ClIN4O4S. The summed E-state index contributed by atoms with van der Waals surface area (Å²) in [7, 11) is -1.99. The van der Waals surface area contributed by atoms with Gasteiger partial charge >= 0.3 is 0 Å². The highest BCUT2D eigenvalue weighted by atomic mass is 127. The molecule has 2 aromatic rings. The summed E-state index contributed by atoms with van der Waals surface area (Å²) in [6, 6.07) is 11.7. The lowest BCUT2D eigenvalue weighted by Crippen LogP contribution is -2.37. The topological polar surface area (TPSA) is 101 Å². The van der Waals surface area contributed by atoms with Crippen molar-refractivity contribution in [3.05, 3.63) is 47.5 Å². The molecule has 0 amide bonds. The number of sulfonamides is 1. The second kappa shape index (κ2) is 11.6. The van der Waals surface area contributed by atoms with Gasteiger partial charge in [-0.3, -0.25) is 4.99 Å². The fraction of sp³-hybridized carbons (Fsp3) is 0.316. The van der Waals surface area contributed by atoms with Crippen LogP contribution < -0.4 is 24.8 Å². The molecule has 0 bridgehead atoms. The summed E-state index contributed by atoms with van der Waals surface area (Å²) in [5, 5.41) is 6.57. The predicted molar refractivity (Wildman–Crippen MR) is 129 cm³/mol. The Hall–Kier alpha value is -1.76. The van der Waals surface area contributed by atoms with Crippen molar-refractivity contribution in [3.63, 3.8) is 0 Å². The zero-order valence-electron chi connectivity index (χ0n) is 16.4. The largest absolute Gasteiger partial charge is 0.490 e. The lowest BCUT2D eigenvalue weighted by Gasteiger charge is -2.14. The Morgan fingerprint density at radius 2 is 1.87 bits per heavy atom. The van der Waals surface area contributed by atoms with Crippen molar-refractivity contribution in [3.8, 4) is 11.5 Å². The molecule has 0 atom stereocenters. The lowest BCUT2D eigenvalue weighted by atomic mass is 10.3. The third-order valence-corrected chi connectivity index (χ3v) is 5.74. The third kappa shape index (κ3) is 6.89. The summed E-state index contributed by atoms with van der Waals surface area (Å²) in [4.78, 5) is 4.27. The maximum Gasteiger partial charge on any atom is 0.240 e. The van der Waals surface area contributed by atoms with Crippen LogP contribution in [0.3, 0.4) is 0 Å². The summed E-state index contributed by atoms with van der Waals surface area (Å²) >= 11 is 5.86. The number of guanidine groups is 1. The average molecular weight is 567 g/mol. The number of anilines is 1. The van der Waals surface area contributed by atoms with Crippen molar-refractivity contribution in [2.24, 2.45) is 4.99 Å². The van der Waals surface area contributed by atoms with E-state index in [0.717, 1.165) is 12.1 Å². The van der Waals surface area contributed by atoms with Gasteiger partial charge in [0.25, 0.3) is 0 Å². The van der Waals surface area contributed by atoms with Gasteiger partial charge < -0.3 is 20.1 Å². The number of fused-ring (bicyclic) bond motifs is 1. The molecule has 164 valence electrons. The fourth-order valence-electron chi connectivity index (χ4n) is 2.64. The number of hydrogen-bond donors (Lipinski definition) is 3. The van der Waals surface area contributed by atoms with Crippen LogP contribution in [0.4, 0.5) is 5.69 Å². The second-order valence-electron chi connectivity index (χ2n) is 6.19. The molecule has 0 saturated heterocycles. The highest BCUT2D eigenvalue weighted by Gasteiger charge is 2.14. The van der Waals surface area contributed by atoms with E-state index in [1.165, 1.54) is 12.1 Å². The molecule has 0 aliphatic carbocycles. The van der Waals surface area contributed by atoms with Crippen LogP contribution in [-0.2, 0) is 10.0 Å². The van der Waals surface area contributed by atoms with E-state index in [2.05, 4.69) is 20.3 Å². The minimum absolute atomic E-state index is 0. The van der Waals surface area contributed by atoms with Crippen molar-refractivity contribution in [1.82, 2.24) is 10.0 Å². The first-order chi connectivity index (χ1) is 14.0. The molecule has 1 heterocycles. The third-order valence-electron chi connectivity index (χ3n) is 4.05. The van der Waals surface area contributed by atoms with E-state index in [4.69, 9.17) is 21.1 Å².